The Kier molecular flexibility index (Phi) is 5.22. The highest BCUT2D eigenvalue weighted by atomic mass is 19.1. The van der Waals surface area contributed by atoms with Gasteiger partial charge in [0.25, 0.3) is 0 Å². The summed E-state index contributed by atoms with van der Waals surface area (Å²) in [7, 11) is 2.16. The third-order valence-corrected chi connectivity index (χ3v) is 5.20. The molecule has 0 N–H and O–H groups in total. The van der Waals surface area contributed by atoms with Crippen LogP contribution < -0.4 is 4.74 Å². The second kappa shape index (κ2) is 7.78. The van der Waals surface area contributed by atoms with Gasteiger partial charge in [0.2, 0.25) is 6.29 Å². The molecule has 2 saturated heterocycles. The maximum Gasteiger partial charge on any atom is 0.359 e. The van der Waals surface area contributed by atoms with Crippen LogP contribution in [0.25, 0.3) is 10.9 Å². The van der Waals surface area contributed by atoms with E-state index >= 15 is 0 Å². The second-order valence-electron chi connectivity index (χ2n) is 7.09. The van der Waals surface area contributed by atoms with E-state index in [1.54, 1.807) is 18.2 Å². The molecule has 1 aromatic carbocycles. The number of likely N-dealkylation sites (tertiary alicyclic amines) is 1. The van der Waals surface area contributed by atoms with E-state index in [1.165, 1.54) is 12.8 Å². The fourth-order valence-corrected chi connectivity index (χ4v) is 3.49. The first kappa shape index (κ1) is 18.1. The number of carbonyl (C=O) groups is 1. The zero-order chi connectivity index (χ0) is 18.8. The topological polar surface area (TPSA) is 60.9 Å². The summed E-state index contributed by atoms with van der Waals surface area (Å²) >= 11 is 0. The number of alkyl halides is 1. The van der Waals surface area contributed by atoms with Crippen molar-refractivity contribution in [3.8, 4) is 5.75 Å². The van der Waals surface area contributed by atoms with Crippen LogP contribution in [0, 0.1) is 0 Å². The number of hydrogen-bond acceptors (Lipinski definition) is 6. The number of nitrogens with zero attached hydrogens (tertiary/aromatic N) is 2. The lowest BCUT2D eigenvalue weighted by Crippen LogP contribution is -2.44. The van der Waals surface area contributed by atoms with Crippen molar-refractivity contribution in [3.05, 3.63) is 36.0 Å². The lowest BCUT2D eigenvalue weighted by atomic mass is 10.1. The van der Waals surface area contributed by atoms with Crippen LogP contribution in [0.5, 0.6) is 5.75 Å². The fourth-order valence-electron chi connectivity index (χ4n) is 3.49. The quantitative estimate of drug-likeness (QED) is 0.725. The van der Waals surface area contributed by atoms with Gasteiger partial charge in [0.1, 0.15) is 11.4 Å². The minimum absolute atomic E-state index is 0.0388. The van der Waals surface area contributed by atoms with Crippen molar-refractivity contribution in [2.75, 3.05) is 26.8 Å². The van der Waals surface area contributed by atoms with E-state index < -0.39 is 18.4 Å². The molecule has 0 amide bonds. The molecule has 3 atom stereocenters. The first-order valence-electron chi connectivity index (χ1n) is 9.30. The summed E-state index contributed by atoms with van der Waals surface area (Å²) in [6.07, 6.45) is 1.11. The highest BCUT2D eigenvalue weighted by Gasteiger charge is 2.36. The van der Waals surface area contributed by atoms with Crippen LogP contribution in [0.4, 0.5) is 4.39 Å². The van der Waals surface area contributed by atoms with E-state index in [1.807, 2.05) is 12.1 Å². The van der Waals surface area contributed by atoms with Gasteiger partial charge in [-0.25, -0.2) is 14.2 Å². The number of pyridine rings is 1. The van der Waals surface area contributed by atoms with Crippen molar-refractivity contribution >= 4 is 16.9 Å². The molecule has 2 aromatic rings. The van der Waals surface area contributed by atoms with Gasteiger partial charge in [-0.2, -0.15) is 0 Å². The van der Waals surface area contributed by atoms with Crippen molar-refractivity contribution < 1.29 is 23.4 Å². The molecule has 4 rings (SSSR count). The SMILES string of the molecule is CN1CCCC1CCOc1ccc2nc(C(=O)OC3OCC3F)ccc2c1. The molecular formula is C20H23FN2O4. The number of esters is 1. The summed E-state index contributed by atoms with van der Waals surface area (Å²) in [5.41, 5.74) is 0.779. The van der Waals surface area contributed by atoms with Gasteiger partial charge in [0.15, 0.2) is 6.17 Å². The average molecular weight is 374 g/mol. The molecule has 144 valence electrons. The van der Waals surface area contributed by atoms with Gasteiger partial charge in [0.05, 0.1) is 18.7 Å². The number of halogens is 1. The smallest absolute Gasteiger partial charge is 0.359 e. The third-order valence-electron chi connectivity index (χ3n) is 5.20. The maximum atomic E-state index is 13.1. The van der Waals surface area contributed by atoms with Crippen LogP contribution in [0.3, 0.4) is 0 Å². The largest absolute Gasteiger partial charge is 0.494 e. The molecule has 1 aromatic heterocycles. The number of rotatable bonds is 6. The Hall–Kier alpha value is -2.25. The first-order chi connectivity index (χ1) is 13.1. The van der Waals surface area contributed by atoms with Gasteiger partial charge < -0.3 is 19.1 Å². The number of carbonyl (C=O) groups excluding carboxylic acids is 1. The van der Waals surface area contributed by atoms with E-state index in [0.717, 1.165) is 24.1 Å². The predicted octanol–water partition coefficient (Wildman–Crippen LogP) is 2.95. The monoisotopic (exact) mass is 374 g/mol. The van der Waals surface area contributed by atoms with E-state index in [9.17, 15) is 9.18 Å². The van der Waals surface area contributed by atoms with Gasteiger partial charge in [-0.3, -0.25) is 0 Å². The molecule has 0 spiro atoms. The van der Waals surface area contributed by atoms with E-state index in [-0.39, 0.29) is 12.3 Å². The molecule has 2 aliphatic rings. The Labute approximate surface area is 157 Å². The van der Waals surface area contributed by atoms with Crippen LogP contribution >= 0.6 is 0 Å². The summed E-state index contributed by atoms with van der Waals surface area (Å²) in [5, 5.41) is 0.866. The molecule has 0 bridgehead atoms. The lowest BCUT2D eigenvalue weighted by Gasteiger charge is -2.29. The Balaban J connectivity index is 1.37. The summed E-state index contributed by atoms with van der Waals surface area (Å²) in [5.74, 6) is 0.0914. The minimum atomic E-state index is -1.27. The van der Waals surface area contributed by atoms with E-state index in [4.69, 9.17) is 14.2 Å². The molecular weight excluding hydrogens is 351 g/mol. The number of fused-ring (bicyclic) bond motifs is 1. The summed E-state index contributed by atoms with van der Waals surface area (Å²) in [6.45, 7) is 1.79. The molecule has 7 heteroatoms. The molecule has 0 aliphatic carbocycles. The first-order valence-corrected chi connectivity index (χ1v) is 9.30. The Morgan fingerprint density at radius 2 is 2.26 bits per heavy atom. The summed E-state index contributed by atoms with van der Waals surface area (Å²) in [4.78, 5) is 18.7. The Morgan fingerprint density at radius 3 is 2.96 bits per heavy atom. The molecule has 27 heavy (non-hydrogen) atoms. The Morgan fingerprint density at radius 1 is 1.37 bits per heavy atom. The Bertz CT molecular complexity index is 831. The van der Waals surface area contributed by atoms with E-state index in [2.05, 4.69) is 16.9 Å². The highest BCUT2D eigenvalue weighted by molar-refractivity contribution is 5.91. The molecule has 0 saturated carbocycles. The predicted molar refractivity (Wildman–Crippen MR) is 97.6 cm³/mol. The van der Waals surface area contributed by atoms with Crippen molar-refractivity contribution in [1.29, 1.82) is 0 Å². The normalized spacial score (nSPS) is 25.3. The maximum absolute atomic E-state index is 13.1. The van der Waals surface area contributed by atoms with Gasteiger partial charge in [-0.15, -0.1) is 0 Å². The van der Waals surface area contributed by atoms with Gasteiger partial charge in [-0.1, -0.05) is 6.07 Å². The standard InChI is InChI=1S/C20H23FN2O4/c1-23-9-2-3-14(23)8-10-25-15-5-7-17-13(11-15)4-6-18(22-17)19(24)27-20-16(21)12-26-20/h4-7,11,14,16,20H,2-3,8-10,12H2,1H3. The molecule has 3 heterocycles. The number of aromatic nitrogens is 1. The average Bonchev–Trinajstić information content (AvgIpc) is 3.09. The molecule has 3 unspecified atom stereocenters. The minimum Gasteiger partial charge on any atom is -0.494 e. The molecule has 2 fully saturated rings. The van der Waals surface area contributed by atoms with Crippen LogP contribution in [-0.4, -0.2) is 61.2 Å². The van der Waals surface area contributed by atoms with Crippen LogP contribution in [0.1, 0.15) is 29.8 Å². The van der Waals surface area contributed by atoms with E-state index in [0.29, 0.717) is 18.2 Å². The van der Waals surface area contributed by atoms with Crippen molar-refractivity contribution in [3.63, 3.8) is 0 Å². The highest BCUT2D eigenvalue weighted by Crippen LogP contribution is 2.23. The zero-order valence-corrected chi connectivity index (χ0v) is 15.3. The summed E-state index contributed by atoms with van der Waals surface area (Å²) in [6, 6.07) is 9.50. The zero-order valence-electron chi connectivity index (χ0n) is 15.3. The lowest BCUT2D eigenvalue weighted by molar-refractivity contribution is -0.235. The molecule has 0 radical (unpaired) electrons. The molecule has 6 nitrogen and oxygen atoms in total. The van der Waals surface area contributed by atoms with Crippen molar-refractivity contribution in [2.45, 2.75) is 37.8 Å². The third kappa shape index (κ3) is 4.04. The number of ether oxygens (including phenoxy) is 3. The number of hydrogen-bond donors (Lipinski definition) is 0. The van der Waals surface area contributed by atoms with Crippen molar-refractivity contribution in [2.24, 2.45) is 0 Å². The van der Waals surface area contributed by atoms with Crippen LogP contribution in [0.2, 0.25) is 0 Å². The van der Waals surface area contributed by atoms with Gasteiger partial charge >= 0.3 is 5.97 Å². The molecule has 2 aliphatic heterocycles. The number of benzene rings is 1. The van der Waals surface area contributed by atoms with Gasteiger partial charge in [0, 0.05) is 11.4 Å². The van der Waals surface area contributed by atoms with Crippen LogP contribution in [0.15, 0.2) is 30.3 Å². The summed E-state index contributed by atoms with van der Waals surface area (Å²) < 4.78 is 28.8. The van der Waals surface area contributed by atoms with Gasteiger partial charge in [-0.05, 0) is 57.1 Å². The second-order valence-corrected chi connectivity index (χ2v) is 7.09. The fraction of sp³-hybridized carbons (Fsp3) is 0.500. The van der Waals surface area contributed by atoms with Crippen LogP contribution in [-0.2, 0) is 9.47 Å². The van der Waals surface area contributed by atoms with Crippen molar-refractivity contribution in [1.82, 2.24) is 9.88 Å².